The Kier molecular flexibility index (Phi) is 8.54. The van der Waals surface area contributed by atoms with Crippen LogP contribution in [0.15, 0.2) is 36.7 Å². The quantitative estimate of drug-likeness (QED) is 0.362. The maximum Gasteiger partial charge on any atom is 0.326 e. The third-order valence-corrected chi connectivity index (χ3v) is 5.99. The number of carboxylic acids is 1. The molecule has 2 aromatic heterocycles. The summed E-state index contributed by atoms with van der Waals surface area (Å²) in [5, 5.41) is 15.6. The predicted octanol–water partition coefficient (Wildman–Crippen LogP) is 2.78. The smallest absolute Gasteiger partial charge is 0.326 e. The Hall–Kier alpha value is -3.74. The van der Waals surface area contributed by atoms with Crippen LogP contribution in [-0.4, -0.2) is 76.4 Å². The first-order valence-corrected chi connectivity index (χ1v) is 11.9. The molecule has 12 nitrogen and oxygen atoms in total. The molecule has 4 rings (SSSR count). The molecule has 0 bridgehead atoms. The van der Waals surface area contributed by atoms with Crippen LogP contribution >= 0.6 is 23.2 Å². The minimum absolute atomic E-state index is 0.0672. The van der Waals surface area contributed by atoms with Crippen molar-refractivity contribution in [1.82, 2.24) is 19.9 Å². The molecule has 194 valence electrons. The van der Waals surface area contributed by atoms with E-state index < -0.39 is 17.9 Å². The van der Waals surface area contributed by atoms with E-state index in [2.05, 4.69) is 30.6 Å². The number of carbonyl (C=O) groups excluding carboxylic acids is 1. The molecule has 3 heterocycles. The molecule has 1 saturated heterocycles. The molecular weight excluding hydrogens is 525 g/mol. The highest BCUT2D eigenvalue weighted by atomic mass is 35.5. The summed E-state index contributed by atoms with van der Waals surface area (Å²) in [6, 6.07) is 5.74. The summed E-state index contributed by atoms with van der Waals surface area (Å²) >= 11 is 12.1. The number of morpholine rings is 1. The van der Waals surface area contributed by atoms with Crippen molar-refractivity contribution in [3.05, 3.63) is 57.8 Å². The topological polar surface area (TPSA) is 152 Å². The molecule has 0 aliphatic carbocycles. The van der Waals surface area contributed by atoms with Gasteiger partial charge in [-0.3, -0.25) is 9.78 Å². The average molecular weight is 548 g/mol. The van der Waals surface area contributed by atoms with Crippen molar-refractivity contribution in [1.29, 1.82) is 0 Å². The van der Waals surface area contributed by atoms with Gasteiger partial charge in [0.15, 0.2) is 0 Å². The van der Waals surface area contributed by atoms with Crippen molar-refractivity contribution in [2.45, 2.75) is 12.5 Å². The normalized spacial score (nSPS) is 14.1. The lowest BCUT2D eigenvalue weighted by Gasteiger charge is -2.27. The largest absolute Gasteiger partial charge is 0.480 e. The first-order chi connectivity index (χ1) is 17.8. The number of halogens is 2. The van der Waals surface area contributed by atoms with Gasteiger partial charge < -0.3 is 30.1 Å². The van der Waals surface area contributed by atoms with Crippen molar-refractivity contribution in [2.24, 2.45) is 0 Å². The molecule has 1 atom stereocenters. The molecule has 1 aliphatic heterocycles. The predicted molar refractivity (Wildman–Crippen MR) is 137 cm³/mol. The van der Waals surface area contributed by atoms with E-state index in [4.69, 9.17) is 32.7 Å². The van der Waals surface area contributed by atoms with Crippen LogP contribution in [0.4, 0.5) is 17.6 Å². The zero-order valence-electron chi connectivity index (χ0n) is 19.6. The van der Waals surface area contributed by atoms with E-state index >= 15 is 0 Å². The maximum atomic E-state index is 12.6. The van der Waals surface area contributed by atoms with Crippen LogP contribution in [0.25, 0.3) is 0 Å². The van der Waals surface area contributed by atoms with Crippen molar-refractivity contribution < 1.29 is 24.2 Å². The third kappa shape index (κ3) is 6.73. The number of aliphatic carboxylic acids is 1. The first kappa shape index (κ1) is 26.3. The summed E-state index contributed by atoms with van der Waals surface area (Å²) in [5.41, 5.74) is 1.30. The van der Waals surface area contributed by atoms with Crippen LogP contribution in [0.3, 0.4) is 0 Å². The van der Waals surface area contributed by atoms with Crippen molar-refractivity contribution in [3.8, 4) is 6.01 Å². The summed E-state index contributed by atoms with van der Waals surface area (Å²) in [5.74, 6) is -1.13. The van der Waals surface area contributed by atoms with E-state index in [0.717, 1.165) is 0 Å². The number of amides is 1. The Labute approximate surface area is 222 Å². The average Bonchev–Trinajstić information content (AvgIpc) is 2.89. The molecule has 1 amide bonds. The van der Waals surface area contributed by atoms with Gasteiger partial charge in [0.05, 0.1) is 35.9 Å². The number of carbonyl (C=O) groups is 2. The van der Waals surface area contributed by atoms with Crippen LogP contribution in [0.5, 0.6) is 6.01 Å². The number of benzene rings is 1. The molecule has 14 heteroatoms. The summed E-state index contributed by atoms with van der Waals surface area (Å²) in [7, 11) is 1.42. The fraction of sp³-hybridized carbons (Fsp3) is 0.304. The molecule has 1 aliphatic rings. The number of carboxylic acid groups (broad SMARTS) is 1. The number of hydrogen-bond donors (Lipinski definition) is 3. The standard InChI is InChI=1S/C23H23Cl2N7O5/c1-36-23-30-21(29-22(31-23)32-6-8-37-9-7-32)28-17(20(34)35)10-13-2-4-14(5-3-13)27-19(33)18-15(24)11-26-12-16(18)25/h2-5,11-12,17H,6-10H2,1H3,(H,27,33)(H,34,35)(H,28,29,30,31)/t17-/m0/s1. The number of methoxy groups -OCH3 is 1. The van der Waals surface area contributed by atoms with Gasteiger partial charge in [-0.2, -0.15) is 15.0 Å². The molecule has 0 unspecified atom stereocenters. The Morgan fingerprint density at radius 2 is 1.78 bits per heavy atom. The van der Waals surface area contributed by atoms with Gasteiger partial charge in [0.1, 0.15) is 6.04 Å². The second kappa shape index (κ2) is 12.0. The monoisotopic (exact) mass is 547 g/mol. The summed E-state index contributed by atoms with van der Waals surface area (Å²) in [6.07, 6.45) is 2.78. The van der Waals surface area contributed by atoms with Gasteiger partial charge in [-0.15, -0.1) is 0 Å². The van der Waals surface area contributed by atoms with Gasteiger partial charge in [-0.1, -0.05) is 35.3 Å². The van der Waals surface area contributed by atoms with Crippen molar-refractivity contribution in [3.63, 3.8) is 0 Å². The van der Waals surface area contributed by atoms with Crippen LogP contribution in [0.1, 0.15) is 15.9 Å². The number of ether oxygens (including phenoxy) is 2. The zero-order chi connectivity index (χ0) is 26.4. The lowest BCUT2D eigenvalue weighted by atomic mass is 10.1. The summed E-state index contributed by atoms with van der Waals surface area (Å²) in [4.78, 5) is 43.1. The van der Waals surface area contributed by atoms with Crippen LogP contribution in [0.2, 0.25) is 10.0 Å². The number of nitrogens with one attached hydrogen (secondary N) is 2. The Bertz CT molecular complexity index is 1250. The molecular formula is C23H23Cl2N7O5. The number of aromatic nitrogens is 4. The van der Waals surface area contributed by atoms with Gasteiger partial charge >= 0.3 is 12.0 Å². The third-order valence-electron chi connectivity index (χ3n) is 5.41. The Balaban J connectivity index is 1.45. The Morgan fingerprint density at radius 3 is 2.41 bits per heavy atom. The van der Waals surface area contributed by atoms with Crippen LogP contribution in [0, 0.1) is 0 Å². The number of nitrogens with zero attached hydrogens (tertiary/aromatic N) is 5. The van der Waals surface area contributed by atoms with E-state index in [1.54, 1.807) is 24.3 Å². The number of pyridine rings is 1. The van der Waals surface area contributed by atoms with Gasteiger partial charge in [0, 0.05) is 37.6 Å². The highest BCUT2D eigenvalue weighted by Gasteiger charge is 2.22. The van der Waals surface area contributed by atoms with E-state index in [9.17, 15) is 14.7 Å². The van der Waals surface area contributed by atoms with Gasteiger partial charge in [0.25, 0.3) is 5.91 Å². The van der Waals surface area contributed by atoms with E-state index in [1.807, 2.05) is 4.90 Å². The molecule has 0 saturated carbocycles. The van der Waals surface area contributed by atoms with E-state index in [0.29, 0.717) is 43.5 Å². The maximum absolute atomic E-state index is 12.6. The highest BCUT2D eigenvalue weighted by molar-refractivity contribution is 6.40. The van der Waals surface area contributed by atoms with E-state index in [1.165, 1.54) is 19.5 Å². The zero-order valence-corrected chi connectivity index (χ0v) is 21.2. The van der Waals surface area contributed by atoms with Gasteiger partial charge in [-0.25, -0.2) is 4.79 Å². The lowest BCUT2D eigenvalue weighted by molar-refractivity contribution is -0.137. The Morgan fingerprint density at radius 1 is 1.11 bits per heavy atom. The summed E-state index contributed by atoms with van der Waals surface area (Å²) in [6.45, 7) is 2.26. The van der Waals surface area contributed by atoms with Crippen LogP contribution < -0.4 is 20.3 Å². The SMILES string of the molecule is COc1nc(N[C@@H](Cc2ccc(NC(=O)c3c(Cl)cncc3Cl)cc2)C(=O)O)nc(N2CCOCC2)n1. The number of hydrogen-bond acceptors (Lipinski definition) is 10. The van der Waals surface area contributed by atoms with E-state index in [-0.39, 0.29) is 34.0 Å². The fourth-order valence-electron chi connectivity index (χ4n) is 3.54. The highest BCUT2D eigenvalue weighted by Crippen LogP contribution is 2.24. The lowest BCUT2D eigenvalue weighted by Crippen LogP contribution is -2.38. The number of anilines is 3. The van der Waals surface area contributed by atoms with Gasteiger partial charge in [-0.05, 0) is 17.7 Å². The van der Waals surface area contributed by atoms with Crippen molar-refractivity contribution >= 4 is 52.7 Å². The molecule has 3 N–H and O–H groups in total. The summed E-state index contributed by atoms with van der Waals surface area (Å²) < 4.78 is 10.5. The second-order valence-corrected chi connectivity index (χ2v) is 8.73. The minimum Gasteiger partial charge on any atom is -0.480 e. The minimum atomic E-state index is -1.09. The number of rotatable bonds is 9. The van der Waals surface area contributed by atoms with Crippen molar-refractivity contribution in [2.75, 3.05) is 48.9 Å². The van der Waals surface area contributed by atoms with Gasteiger partial charge in [0.2, 0.25) is 11.9 Å². The molecule has 0 radical (unpaired) electrons. The first-order valence-electron chi connectivity index (χ1n) is 11.2. The second-order valence-electron chi connectivity index (χ2n) is 7.91. The molecule has 3 aromatic rings. The van der Waals surface area contributed by atoms with Crippen LogP contribution in [-0.2, 0) is 16.0 Å². The fourth-order valence-corrected chi connectivity index (χ4v) is 4.08. The molecule has 0 spiro atoms. The molecule has 1 aromatic carbocycles. The molecule has 37 heavy (non-hydrogen) atoms. The molecule has 1 fully saturated rings.